The van der Waals surface area contributed by atoms with Gasteiger partial charge in [-0.3, -0.25) is 9.59 Å². The van der Waals surface area contributed by atoms with Crippen LogP contribution in [0.15, 0.2) is 0 Å². The van der Waals surface area contributed by atoms with Crippen molar-refractivity contribution >= 4 is 11.9 Å². The van der Waals surface area contributed by atoms with Crippen LogP contribution in [0.2, 0.25) is 0 Å². The van der Waals surface area contributed by atoms with Crippen molar-refractivity contribution in [1.82, 2.24) is 5.32 Å². The standard InChI is InChI=1S/C85H169NO5/c1-3-5-7-9-11-13-15-17-19-20-21-22-38-41-44-47-50-53-57-61-65-69-73-77-83(88)82(81-87)86-84(89)78-74-70-66-62-58-54-51-48-45-42-39-36-34-32-30-28-26-24-23-25-27-29-31-33-35-37-40-43-46-49-52-56-60-64-68-72-76-80-91-85(90)79-75-71-67-63-59-55-18-16-14-12-10-8-6-4-2/h82-83,87-88H,3-81H2,1-2H3,(H,86,89). The van der Waals surface area contributed by atoms with Gasteiger partial charge < -0.3 is 20.3 Å². The zero-order chi connectivity index (χ0) is 65.6. The van der Waals surface area contributed by atoms with E-state index in [9.17, 15) is 19.8 Å². The second-order valence-electron chi connectivity index (χ2n) is 29.9. The summed E-state index contributed by atoms with van der Waals surface area (Å²) in [5.41, 5.74) is 0. The third-order valence-electron chi connectivity index (χ3n) is 20.7. The van der Waals surface area contributed by atoms with E-state index in [1.807, 2.05) is 0 Å². The zero-order valence-electron chi connectivity index (χ0n) is 62.6. The van der Waals surface area contributed by atoms with Crippen LogP contribution in [-0.2, 0) is 14.3 Å². The fraction of sp³-hybridized carbons (Fsp3) is 0.976. The first-order valence-electron chi connectivity index (χ1n) is 42.8. The number of ether oxygens (including phenoxy) is 1. The van der Waals surface area contributed by atoms with Crippen molar-refractivity contribution in [3.05, 3.63) is 0 Å². The molecule has 0 saturated heterocycles. The maximum atomic E-state index is 12.6. The molecule has 0 rings (SSSR count). The van der Waals surface area contributed by atoms with Gasteiger partial charge in [-0.2, -0.15) is 0 Å². The lowest BCUT2D eigenvalue weighted by molar-refractivity contribution is -0.143. The van der Waals surface area contributed by atoms with Crippen molar-refractivity contribution in [2.45, 2.75) is 520 Å². The highest BCUT2D eigenvalue weighted by atomic mass is 16.5. The van der Waals surface area contributed by atoms with E-state index in [1.165, 1.54) is 437 Å². The number of hydrogen-bond donors (Lipinski definition) is 3. The van der Waals surface area contributed by atoms with Crippen molar-refractivity contribution < 1.29 is 24.5 Å². The number of carbonyl (C=O) groups is 2. The van der Waals surface area contributed by atoms with Gasteiger partial charge in [0.2, 0.25) is 5.91 Å². The lowest BCUT2D eigenvalue weighted by atomic mass is 10.0. The Kier molecular flexibility index (Phi) is 80.3. The number of esters is 1. The molecule has 0 radical (unpaired) electrons. The smallest absolute Gasteiger partial charge is 0.305 e. The third kappa shape index (κ3) is 77.7. The number of hydrogen-bond acceptors (Lipinski definition) is 5. The van der Waals surface area contributed by atoms with Crippen LogP contribution in [-0.4, -0.2) is 47.4 Å². The molecular formula is C85H169NO5. The number of carbonyl (C=O) groups excluding carboxylic acids is 2. The summed E-state index contributed by atoms with van der Waals surface area (Å²) in [6, 6.07) is -0.537. The van der Waals surface area contributed by atoms with Crippen molar-refractivity contribution in [3.63, 3.8) is 0 Å². The predicted molar refractivity (Wildman–Crippen MR) is 403 cm³/mol. The molecule has 0 fully saturated rings. The molecule has 6 nitrogen and oxygen atoms in total. The molecule has 0 aliphatic carbocycles. The summed E-state index contributed by atoms with van der Waals surface area (Å²) in [6.45, 7) is 5.03. The Bertz CT molecular complexity index is 1340. The Morgan fingerprint density at radius 3 is 0.670 bits per heavy atom. The fourth-order valence-corrected chi connectivity index (χ4v) is 14.2. The quantitative estimate of drug-likeness (QED) is 0.0417. The second-order valence-corrected chi connectivity index (χ2v) is 29.9. The van der Waals surface area contributed by atoms with Gasteiger partial charge in [0.1, 0.15) is 0 Å². The number of aliphatic hydroxyl groups is 2. The van der Waals surface area contributed by atoms with E-state index in [2.05, 4.69) is 19.2 Å². The molecule has 0 heterocycles. The summed E-state index contributed by atoms with van der Waals surface area (Å²) in [7, 11) is 0. The summed E-state index contributed by atoms with van der Waals surface area (Å²) in [4.78, 5) is 24.7. The van der Waals surface area contributed by atoms with Gasteiger partial charge in [-0.1, -0.05) is 470 Å². The van der Waals surface area contributed by atoms with Crippen LogP contribution in [0.1, 0.15) is 508 Å². The zero-order valence-corrected chi connectivity index (χ0v) is 62.6. The van der Waals surface area contributed by atoms with E-state index in [4.69, 9.17) is 4.74 Å². The lowest BCUT2D eigenvalue weighted by Gasteiger charge is -2.22. The minimum absolute atomic E-state index is 0.0224. The van der Waals surface area contributed by atoms with Gasteiger partial charge in [0.05, 0.1) is 25.4 Å². The maximum absolute atomic E-state index is 12.6. The molecule has 2 atom stereocenters. The largest absolute Gasteiger partial charge is 0.466 e. The van der Waals surface area contributed by atoms with Gasteiger partial charge in [-0.15, -0.1) is 0 Å². The average Bonchev–Trinajstić information content (AvgIpc) is 3.62. The van der Waals surface area contributed by atoms with Crippen LogP contribution in [0.25, 0.3) is 0 Å². The van der Waals surface area contributed by atoms with E-state index in [0.29, 0.717) is 25.9 Å². The van der Waals surface area contributed by atoms with E-state index in [0.717, 1.165) is 38.5 Å². The molecule has 544 valence electrons. The minimum atomic E-state index is -0.661. The Balaban J connectivity index is 3.30. The molecule has 0 aromatic carbocycles. The van der Waals surface area contributed by atoms with Gasteiger partial charge >= 0.3 is 5.97 Å². The number of rotatable bonds is 82. The van der Waals surface area contributed by atoms with Crippen molar-refractivity contribution in [1.29, 1.82) is 0 Å². The molecule has 6 heteroatoms. The molecule has 0 bridgehead atoms. The van der Waals surface area contributed by atoms with Gasteiger partial charge in [-0.05, 0) is 25.7 Å². The van der Waals surface area contributed by atoms with E-state index in [-0.39, 0.29) is 18.5 Å². The normalized spacial score (nSPS) is 12.4. The van der Waals surface area contributed by atoms with Crippen molar-refractivity contribution in [2.75, 3.05) is 13.2 Å². The van der Waals surface area contributed by atoms with E-state index in [1.54, 1.807) is 0 Å². The van der Waals surface area contributed by atoms with Gasteiger partial charge in [-0.25, -0.2) is 0 Å². The highest BCUT2D eigenvalue weighted by molar-refractivity contribution is 5.76. The molecule has 0 spiro atoms. The van der Waals surface area contributed by atoms with Crippen molar-refractivity contribution in [2.24, 2.45) is 0 Å². The first kappa shape index (κ1) is 89.9. The first-order chi connectivity index (χ1) is 45.0. The SMILES string of the molecule is CCCCCCCCCCCCCCCCCCCCCCCCCC(O)C(CO)NC(=O)CCCCCCCCCCCCCCCCCCCCCCCCCCCCCCCCCCCCCCCOC(=O)CCCCCCCCCCCCCCCC. The number of amides is 1. The Hall–Kier alpha value is -1.14. The van der Waals surface area contributed by atoms with Gasteiger partial charge in [0.25, 0.3) is 0 Å². The minimum Gasteiger partial charge on any atom is -0.466 e. The molecule has 2 unspecified atom stereocenters. The van der Waals surface area contributed by atoms with E-state index < -0.39 is 12.1 Å². The van der Waals surface area contributed by atoms with Gasteiger partial charge in [0.15, 0.2) is 0 Å². The van der Waals surface area contributed by atoms with E-state index >= 15 is 0 Å². The summed E-state index contributed by atoms with van der Waals surface area (Å²) < 4.78 is 5.51. The van der Waals surface area contributed by atoms with Crippen LogP contribution in [0.3, 0.4) is 0 Å². The summed E-state index contributed by atoms with van der Waals surface area (Å²) >= 11 is 0. The van der Waals surface area contributed by atoms with Crippen molar-refractivity contribution in [3.8, 4) is 0 Å². The van der Waals surface area contributed by atoms with Crippen LogP contribution in [0.4, 0.5) is 0 Å². The highest BCUT2D eigenvalue weighted by Gasteiger charge is 2.20. The highest BCUT2D eigenvalue weighted by Crippen LogP contribution is 2.21. The molecule has 91 heavy (non-hydrogen) atoms. The molecule has 0 aromatic heterocycles. The predicted octanol–water partition coefficient (Wildman–Crippen LogP) is 28.4. The molecular weight excluding hydrogens is 1110 g/mol. The molecule has 1 amide bonds. The monoisotopic (exact) mass is 1280 g/mol. The lowest BCUT2D eigenvalue weighted by Crippen LogP contribution is -2.45. The first-order valence-corrected chi connectivity index (χ1v) is 42.8. The maximum Gasteiger partial charge on any atom is 0.305 e. The average molecular weight is 1290 g/mol. The van der Waals surface area contributed by atoms with Crippen LogP contribution >= 0.6 is 0 Å². The molecule has 0 saturated carbocycles. The summed E-state index contributed by atoms with van der Waals surface area (Å²) in [6.07, 6.45) is 102. The molecule has 0 aromatic rings. The molecule has 0 aliphatic rings. The Morgan fingerprint density at radius 1 is 0.264 bits per heavy atom. The Morgan fingerprint density at radius 2 is 0.451 bits per heavy atom. The topological polar surface area (TPSA) is 95.9 Å². The number of aliphatic hydroxyl groups excluding tert-OH is 2. The van der Waals surface area contributed by atoms with Crippen LogP contribution in [0, 0.1) is 0 Å². The summed E-state index contributed by atoms with van der Waals surface area (Å²) in [5, 5.41) is 23.5. The molecule has 0 aliphatic heterocycles. The number of nitrogens with one attached hydrogen (secondary N) is 1. The molecule has 3 N–H and O–H groups in total. The second kappa shape index (κ2) is 81.3. The third-order valence-corrected chi connectivity index (χ3v) is 20.7. The number of unbranched alkanes of at least 4 members (excludes halogenated alkanes) is 71. The van der Waals surface area contributed by atoms with Crippen LogP contribution in [0.5, 0.6) is 0 Å². The summed E-state index contributed by atoms with van der Waals surface area (Å²) in [5.74, 6) is 0.00482. The fourth-order valence-electron chi connectivity index (χ4n) is 14.2. The van der Waals surface area contributed by atoms with Crippen LogP contribution < -0.4 is 5.32 Å². The van der Waals surface area contributed by atoms with Gasteiger partial charge in [0, 0.05) is 12.8 Å². The Labute approximate surface area is 572 Å².